The Morgan fingerprint density at radius 1 is 0.966 bits per heavy atom. The summed E-state index contributed by atoms with van der Waals surface area (Å²) in [6, 6.07) is 18.6. The monoisotopic (exact) mass is 505 g/mol. The second-order valence-electron chi connectivity index (χ2n) is 7.13. The summed E-state index contributed by atoms with van der Waals surface area (Å²) in [4.78, 5) is 23.6. The van der Waals surface area contributed by atoms with Crippen LogP contribution in [0.3, 0.4) is 0 Å². The molecule has 0 atom stereocenters. The second kappa shape index (κ2) is 9.96. The van der Waals surface area contributed by atoms with Crippen LogP contribution in [0.25, 0.3) is 0 Å². The second-order valence-corrected chi connectivity index (χ2v) is 7.13. The number of nitrogens with one attached hydrogen (secondary N) is 1. The van der Waals surface area contributed by atoms with E-state index in [1.165, 1.54) is 11.3 Å². The maximum atomic E-state index is 12.7. The maximum Gasteiger partial charge on any atom is 0.246 e. The molecule has 6 nitrogen and oxygen atoms in total. The highest BCUT2D eigenvalue weighted by Gasteiger charge is 2.25. The van der Waals surface area contributed by atoms with Crippen LogP contribution in [0.2, 0.25) is 0 Å². The number of carbonyl (C=O) groups is 1. The molecule has 0 aromatic heterocycles. The number of hydrogen-bond donors (Lipinski definition) is 1. The summed E-state index contributed by atoms with van der Waals surface area (Å²) in [5.74, 6) is 0.891. The molecule has 0 bridgehead atoms. The lowest BCUT2D eigenvalue weighted by Gasteiger charge is -2.37. The largest absolute Gasteiger partial charge is 0.368 e. The number of benzene rings is 2. The molecule has 1 fully saturated rings. The number of para-hydroxylation sites is 2. The van der Waals surface area contributed by atoms with Crippen LogP contribution in [0.1, 0.15) is 5.56 Å². The molecule has 2 aromatic rings. The lowest BCUT2D eigenvalue weighted by atomic mass is 10.2. The predicted molar refractivity (Wildman–Crippen MR) is 130 cm³/mol. The van der Waals surface area contributed by atoms with Crippen LogP contribution in [0, 0.1) is 0 Å². The SMILES string of the molecule is CN=C(NCC(=O)N1CCc2ccccc21)N1CCN(c2ccccc2)CC1.I. The van der Waals surface area contributed by atoms with Gasteiger partial charge < -0.3 is 20.0 Å². The molecule has 1 saturated heterocycles. The standard InChI is InChI=1S/C22H27N5O.HI/c1-23-22(26-15-13-25(14-16-26)19-8-3-2-4-9-19)24-17-21(28)27-12-11-18-7-5-6-10-20(18)27;/h2-10H,11-17H2,1H3,(H,23,24);1H. The van der Waals surface area contributed by atoms with E-state index < -0.39 is 0 Å². The van der Waals surface area contributed by atoms with Crippen molar-refractivity contribution in [1.29, 1.82) is 0 Å². The highest BCUT2D eigenvalue weighted by molar-refractivity contribution is 14.0. The number of piperazine rings is 1. The summed E-state index contributed by atoms with van der Waals surface area (Å²) >= 11 is 0. The van der Waals surface area contributed by atoms with Crippen LogP contribution >= 0.6 is 24.0 Å². The lowest BCUT2D eigenvalue weighted by Crippen LogP contribution is -2.54. The van der Waals surface area contributed by atoms with Crippen LogP contribution in [0.15, 0.2) is 59.6 Å². The normalized spacial score (nSPS) is 16.3. The van der Waals surface area contributed by atoms with Crippen molar-refractivity contribution >= 4 is 47.2 Å². The van der Waals surface area contributed by atoms with E-state index in [0.717, 1.165) is 50.8 Å². The highest BCUT2D eigenvalue weighted by atomic mass is 127. The van der Waals surface area contributed by atoms with Gasteiger partial charge in [-0.15, -0.1) is 24.0 Å². The van der Waals surface area contributed by atoms with Crippen LogP contribution in [0.4, 0.5) is 11.4 Å². The first-order valence-corrected chi connectivity index (χ1v) is 9.90. The van der Waals surface area contributed by atoms with Gasteiger partial charge in [-0.3, -0.25) is 9.79 Å². The zero-order valence-electron chi connectivity index (χ0n) is 16.8. The molecule has 154 valence electrons. The Labute approximate surface area is 189 Å². The number of halogens is 1. The number of rotatable bonds is 3. The highest BCUT2D eigenvalue weighted by Crippen LogP contribution is 2.27. The Kier molecular flexibility index (Phi) is 7.35. The summed E-state index contributed by atoms with van der Waals surface area (Å²) in [6.45, 7) is 4.68. The van der Waals surface area contributed by atoms with E-state index in [2.05, 4.69) is 50.4 Å². The van der Waals surface area contributed by atoms with Gasteiger partial charge >= 0.3 is 0 Å². The van der Waals surface area contributed by atoms with Gasteiger partial charge in [0.25, 0.3) is 0 Å². The van der Waals surface area contributed by atoms with Crippen molar-refractivity contribution in [2.45, 2.75) is 6.42 Å². The number of amides is 1. The van der Waals surface area contributed by atoms with E-state index in [1.807, 2.05) is 29.2 Å². The third-order valence-corrected chi connectivity index (χ3v) is 5.50. The Balaban J connectivity index is 0.00000240. The van der Waals surface area contributed by atoms with E-state index in [0.29, 0.717) is 0 Å². The first kappa shape index (κ1) is 21.4. The van der Waals surface area contributed by atoms with E-state index >= 15 is 0 Å². The van der Waals surface area contributed by atoms with Gasteiger partial charge in [-0.25, -0.2) is 0 Å². The average Bonchev–Trinajstić information content (AvgIpc) is 3.19. The van der Waals surface area contributed by atoms with Crippen LogP contribution in [-0.2, 0) is 11.2 Å². The minimum absolute atomic E-state index is 0. The number of guanidine groups is 1. The van der Waals surface area contributed by atoms with Gasteiger partial charge in [-0.1, -0.05) is 36.4 Å². The lowest BCUT2D eigenvalue weighted by molar-refractivity contribution is -0.117. The number of fused-ring (bicyclic) bond motifs is 1. The molecule has 2 aromatic carbocycles. The first-order chi connectivity index (χ1) is 13.8. The number of nitrogens with zero attached hydrogens (tertiary/aromatic N) is 4. The minimum atomic E-state index is 0. The van der Waals surface area contributed by atoms with Crippen molar-refractivity contribution in [1.82, 2.24) is 10.2 Å². The molecule has 2 heterocycles. The predicted octanol–water partition coefficient (Wildman–Crippen LogP) is 2.59. The summed E-state index contributed by atoms with van der Waals surface area (Å²) in [7, 11) is 1.78. The topological polar surface area (TPSA) is 51.2 Å². The average molecular weight is 505 g/mol. The minimum Gasteiger partial charge on any atom is -0.368 e. The number of carbonyl (C=O) groups excluding carboxylic acids is 1. The summed E-state index contributed by atoms with van der Waals surface area (Å²) < 4.78 is 0. The molecule has 7 heteroatoms. The molecule has 0 radical (unpaired) electrons. The fourth-order valence-corrected chi connectivity index (χ4v) is 3.99. The van der Waals surface area contributed by atoms with Crippen molar-refractivity contribution in [2.75, 3.05) is 56.1 Å². The molecule has 4 rings (SSSR count). The van der Waals surface area contributed by atoms with Gasteiger partial charge in [0.15, 0.2) is 5.96 Å². The van der Waals surface area contributed by atoms with Gasteiger partial charge in [0, 0.05) is 51.1 Å². The number of aliphatic imine (C=N–C) groups is 1. The Morgan fingerprint density at radius 3 is 2.38 bits per heavy atom. The Hall–Kier alpha value is -2.29. The molecule has 2 aliphatic heterocycles. The smallest absolute Gasteiger partial charge is 0.246 e. The Bertz CT molecular complexity index is 849. The van der Waals surface area contributed by atoms with Crippen molar-refractivity contribution in [3.63, 3.8) is 0 Å². The third-order valence-electron chi connectivity index (χ3n) is 5.50. The van der Waals surface area contributed by atoms with Gasteiger partial charge in [0.1, 0.15) is 0 Å². The molecule has 29 heavy (non-hydrogen) atoms. The molecule has 0 aliphatic carbocycles. The summed E-state index contributed by atoms with van der Waals surface area (Å²) in [5.41, 5.74) is 3.55. The van der Waals surface area contributed by atoms with Gasteiger partial charge in [0.2, 0.25) is 5.91 Å². The third kappa shape index (κ3) is 4.83. The zero-order valence-corrected chi connectivity index (χ0v) is 19.1. The van der Waals surface area contributed by atoms with Crippen molar-refractivity contribution < 1.29 is 4.79 Å². The zero-order chi connectivity index (χ0) is 19.3. The molecule has 0 unspecified atom stereocenters. The molecule has 2 aliphatic rings. The summed E-state index contributed by atoms with van der Waals surface area (Å²) in [6.07, 6.45) is 0.929. The van der Waals surface area contributed by atoms with Gasteiger partial charge in [-0.05, 0) is 30.2 Å². The van der Waals surface area contributed by atoms with E-state index in [9.17, 15) is 4.79 Å². The van der Waals surface area contributed by atoms with Gasteiger partial charge in [-0.2, -0.15) is 0 Å². The van der Waals surface area contributed by atoms with Crippen molar-refractivity contribution in [3.05, 3.63) is 60.2 Å². The fraction of sp³-hybridized carbons (Fsp3) is 0.364. The fourth-order valence-electron chi connectivity index (χ4n) is 3.99. The number of anilines is 2. The molecular formula is C22H28IN5O. The summed E-state index contributed by atoms with van der Waals surface area (Å²) in [5, 5.41) is 3.27. The molecule has 0 saturated carbocycles. The molecule has 0 spiro atoms. The van der Waals surface area contributed by atoms with E-state index in [1.54, 1.807) is 7.05 Å². The molecule has 1 amide bonds. The van der Waals surface area contributed by atoms with Crippen LogP contribution < -0.4 is 15.1 Å². The first-order valence-electron chi connectivity index (χ1n) is 9.90. The quantitative estimate of drug-likeness (QED) is 0.396. The van der Waals surface area contributed by atoms with Gasteiger partial charge in [0.05, 0.1) is 6.54 Å². The van der Waals surface area contributed by atoms with Crippen LogP contribution in [0.5, 0.6) is 0 Å². The van der Waals surface area contributed by atoms with Crippen LogP contribution in [-0.4, -0.2) is 63.1 Å². The molecular weight excluding hydrogens is 477 g/mol. The van der Waals surface area contributed by atoms with E-state index in [4.69, 9.17) is 0 Å². The van der Waals surface area contributed by atoms with Crippen molar-refractivity contribution in [3.8, 4) is 0 Å². The number of hydrogen-bond acceptors (Lipinski definition) is 3. The van der Waals surface area contributed by atoms with Crippen molar-refractivity contribution in [2.24, 2.45) is 4.99 Å². The Morgan fingerprint density at radius 2 is 1.66 bits per heavy atom. The maximum absolute atomic E-state index is 12.7. The molecule has 1 N–H and O–H groups in total. The van der Waals surface area contributed by atoms with E-state index in [-0.39, 0.29) is 36.4 Å².